The second-order valence-corrected chi connectivity index (χ2v) is 11.3. The number of fused-ring (bicyclic) bond motifs is 2. The van der Waals surface area contributed by atoms with Crippen LogP contribution < -0.4 is 10.1 Å². The molecule has 1 fully saturated rings. The van der Waals surface area contributed by atoms with Crippen molar-refractivity contribution in [3.8, 4) is 39.5 Å². The number of anilines is 1. The molecule has 10 nitrogen and oxygen atoms in total. The lowest BCUT2D eigenvalue weighted by molar-refractivity contribution is -0.116. The van der Waals surface area contributed by atoms with Gasteiger partial charge >= 0.3 is 0 Å². The van der Waals surface area contributed by atoms with Crippen molar-refractivity contribution in [1.29, 1.82) is 0 Å². The van der Waals surface area contributed by atoms with Crippen molar-refractivity contribution in [2.45, 2.75) is 32.6 Å². The molecule has 11 heteroatoms. The average molecular weight is 605 g/mol. The van der Waals surface area contributed by atoms with E-state index in [0.29, 0.717) is 52.7 Å². The number of rotatable bonds is 10. The highest BCUT2D eigenvalue weighted by Crippen LogP contribution is 2.34. The zero-order valence-electron chi connectivity index (χ0n) is 24.9. The van der Waals surface area contributed by atoms with Gasteiger partial charge in [-0.25, -0.2) is 14.4 Å². The van der Waals surface area contributed by atoms with Crippen LogP contribution in [0.15, 0.2) is 67.1 Å². The molecule has 6 aromatic rings. The Balaban J connectivity index is 1.19. The molecule has 3 N–H and O–H groups in total. The lowest BCUT2D eigenvalue weighted by Gasteiger charge is -2.15. The first kappa shape index (κ1) is 28.6. The molecule has 1 aliphatic heterocycles. The standard InChI is InChI=1S/C34H33FN8O2/c1-2-5-30(44)38-25-15-23(19-36-20-25)21-6-7-29-28(17-21)32(42-41-29)34-39-31-27(8-9-37-33(31)40-34)22-14-24(35)18-26(16-22)45-13-12-43-10-3-4-11-43/h6-9,14-20H,2-5,10-13H2,1H3,(H,38,44)(H,41,42)(H,37,39,40). The van der Waals surface area contributed by atoms with Gasteiger partial charge in [-0.1, -0.05) is 13.0 Å². The molecule has 0 aliphatic carbocycles. The summed E-state index contributed by atoms with van der Waals surface area (Å²) < 4.78 is 20.7. The third-order valence-electron chi connectivity index (χ3n) is 8.06. The minimum atomic E-state index is -0.376. The number of hydrogen-bond donors (Lipinski definition) is 3. The summed E-state index contributed by atoms with van der Waals surface area (Å²) in [5.74, 6) is 0.602. The molecule has 5 heterocycles. The Hall–Kier alpha value is -5.16. The third-order valence-corrected chi connectivity index (χ3v) is 8.06. The van der Waals surface area contributed by atoms with Crippen LogP contribution in [0.25, 0.3) is 55.8 Å². The zero-order valence-corrected chi connectivity index (χ0v) is 24.9. The SMILES string of the molecule is CCCC(=O)Nc1cncc(-c2ccc3[nH]nc(-c4nc5c(-c6cc(F)cc(OCCN7CCCC7)c6)ccnc5[nH]4)c3c2)c1. The van der Waals surface area contributed by atoms with Gasteiger partial charge in [-0.3, -0.25) is 19.8 Å². The summed E-state index contributed by atoms with van der Waals surface area (Å²) in [7, 11) is 0. The van der Waals surface area contributed by atoms with E-state index in [-0.39, 0.29) is 11.7 Å². The largest absolute Gasteiger partial charge is 0.492 e. The summed E-state index contributed by atoms with van der Waals surface area (Å²) in [5, 5.41) is 11.4. The van der Waals surface area contributed by atoms with Crippen LogP contribution in [-0.4, -0.2) is 67.2 Å². The molecule has 0 bridgehead atoms. The fourth-order valence-corrected chi connectivity index (χ4v) is 5.85. The molecule has 1 saturated heterocycles. The molecule has 45 heavy (non-hydrogen) atoms. The van der Waals surface area contributed by atoms with Gasteiger partial charge in [0.05, 0.1) is 17.4 Å². The highest BCUT2D eigenvalue weighted by atomic mass is 19.1. The molecular weight excluding hydrogens is 571 g/mol. The lowest BCUT2D eigenvalue weighted by Crippen LogP contribution is -2.25. The lowest BCUT2D eigenvalue weighted by atomic mass is 10.0. The van der Waals surface area contributed by atoms with Crippen LogP contribution in [0.4, 0.5) is 10.1 Å². The summed E-state index contributed by atoms with van der Waals surface area (Å²) in [6.07, 6.45) is 8.74. The van der Waals surface area contributed by atoms with Gasteiger partial charge in [0.25, 0.3) is 0 Å². The van der Waals surface area contributed by atoms with E-state index in [4.69, 9.17) is 9.72 Å². The smallest absolute Gasteiger partial charge is 0.224 e. The molecule has 0 radical (unpaired) electrons. The van der Waals surface area contributed by atoms with Crippen LogP contribution in [0.1, 0.15) is 32.6 Å². The van der Waals surface area contributed by atoms with Crippen LogP contribution in [0.5, 0.6) is 5.75 Å². The molecule has 7 rings (SSSR count). The molecule has 0 saturated carbocycles. The Morgan fingerprint density at radius 1 is 1.04 bits per heavy atom. The van der Waals surface area contributed by atoms with Crippen LogP contribution >= 0.6 is 0 Å². The minimum absolute atomic E-state index is 0.0404. The fourth-order valence-electron chi connectivity index (χ4n) is 5.85. The number of aromatic nitrogens is 6. The Bertz CT molecular complexity index is 2000. The van der Waals surface area contributed by atoms with Crippen molar-refractivity contribution >= 4 is 33.7 Å². The second-order valence-electron chi connectivity index (χ2n) is 11.3. The molecule has 2 aromatic carbocycles. The number of pyridine rings is 2. The Labute approximate surface area is 259 Å². The fraction of sp³-hybridized carbons (Fsp3) is 0.265. The number of halogens is 1. The van der Waals surface area contributed by atoms with E-state index in [1.165, 1.54) is 25.0 Å². The number of aromatic amines is 2. The Kier molecular flexibility index (Phi) is 7.91. The van der Waals surface area contributed by atoms with E-state index >= 15 is 0 Å². The maximum atomic E-state index is 14.8. The number of nitrogens with zero attached hydrogens (tertiary/aromatic N) is 5. The van der Waals surface area contributed by atoms with E-state index in [0.717, 1.165) is 53.6 Å². The number of carbonyl (C=O) groups is 1. The summed E-state index contributed by atoms with van der Waals surface area (Å²) in [6, 6.07) is 14.4. The van der Waals surface area contributed by atoms with Crippen molar-refractivity contribution in [3.63, 3.8) is 0 Å². The third kappa shape index (κ3) is 6.12. The van der Waals surface area contributed by atoms with Gasteiger partial charge in [-0.2, -0.15) is 5.10 Å². The van der Waals surface area contributed by atoms with E-state index < -0.39 is 0 Å². The van der Waals surface area contributed by atoms with E-state index in [1.54, 1.807) is 18.6 Å². The molecule has 1 aliphatic rings. The number of imidazole rings is 1. The molecule has 1 amide bonds. The molecule has 0 atom stereocenters. The van der Waals surface area contributed by atoms with E-state index in [9.17, 15) is 9.18 Å². The van der Waals surface area contributed by atoms with Crippen molar-refractivity contribution in [2.75, 3.05) is 31.6 Å². The van der Waals surface area contributed by atoms with Gasteiger partial charge < -0.3 is 15.0 Å². The zero-order chi connectivity index (χ0) is 30.8. The minimum Gasteiger partial charge on any atom is -0.492 e. The monoisotopic (exact) mass is 604 g/mol. The average Bonchev–Trinajstić information content (AvgIpc) is 3.80. The van der Waals surface area contributed by atoms with Gasteiger partial charge in [0.1, 0.15) is 29.4 Å². The quantitative estimate of drug-likeness (QED) is 0.161. The van der Waals surface area contributed by atoms with Gasteiger partial charge in [0, 0.05) is 47.9 Å². The predicted octanol–water partition coefficient (Wildman–Crippen LogP) is 6.58. The first-order valence-electron chi connectivity index (χ1n) is 15.3. The normalized spacial score (nSPS) is 13.6. The Morgan fingerprint density at radius 3 is 2.80 bits per heavy atom. The summed E-state index contributed by atoms with van der Waals surface area (Å²) in [6.45, 7) is 5.47. The van der Waals surface area contributed by atoms with Gasteiger partial charge in [-0.05, 0) is 79.9 Å². The first-order chi connectivity index (χ1) is 22.0. The van der Waals surface area contributed by atoms with Gasteiger partial charge in [0.15, 0.2) is 11.5 Å². The maximum Gasteiger partial charge on any atom is 0.224 e. The van der Waals surface area contributed by atoms with Crippen LogP contribution in [0, 0.1) is 5.82 Å². The van der Waals surface area contributed by atoms with Crippen molar-refractivity contribution in [3.05, 3.63) is 72.9 Å². The highest BCUT2D eigenvalue weighted by Gasteiger charge is 2.18. The van der Waals surface area contributed by atoms with Crippen molar-refractivity contribution in [1.82, 2.24) is 35.0 Å². The Morgan fingerprint density at radius 2 is 1.93 bits per heavy atom. The number of amides is 1. The number of H-pyrrole nitrogens is 2. The van der Waals surface area contributed by atoms with Crippen molar-refractivity contribution in [2.24, 2.45) is 0 Å². The number of nitrogens with one attached hydrogen (secondary N) is 3. The number of carbonyl (C=O) groups excluding carboxylic acids is 1. The molecule has 0 unspecified atom stereocenters. The predicted molar refractivity (Wildman–Crippen MR) is 172 cm³/mol. The first-order valence-corrected chi connectivity index (χ1v) is 15.3. The number of hydrogen-bond acceptors (Lipinski definition) is 7. The van der Waals surface area contributed by atoms with Crippen LogP contribution in [0.3, 0.4) is 0 Å². The number of likely N-dealkylation sites (tertiary alicyclic amines) is 1. The molecule has 228 valence electrons. The topological polar surface area (TPSA) is 125 Å². The highest BCUT2D eigenvalue weighted by molar-refractivity contribution is 5.98. The van der Waals surface area contributed by atoms with Crippen LogP contribution in [-0.2, 0) is 4.79 Å². The molecule has 0 spiro atoms. The van der Waals surface area contributed by atoms with E-state index in [1.807, 2.05) is 43.3 Å². The summed E-state index contributed by atoms with van der Waals surface area (Å²) in [4.78, 5) is 31.5. The van der Waals surface area contributed by atoms with E-state index in [2.05, 4.69) is 35.4 Å². The maximum absolute atomic E-state index is 14.8. The second kappa shape index (κ2) is 12.4. The number of benzene rings is 2. The van der Waals surface area contributed by atoms with Crippen molar-refractivity contribution < 1.29 is 13.9 Å². The number of ether oxygens (including phenoxy) is 1. The van der Waals surface area contributed by atoms with Crippen LogP contribution in [0.2, 0.25) is 0 Å². The summed E-state index contributed by atoms with van der Waals surface area (Å²) in [5.41, 5.74) is 6.44. The molecule has 4 aromatic heterocycles. The molecular formula is C34H33FN8O2. The van der Waals surface area contributed by atoms with Gasteiger partial charge in [-0.15, -0.1) is 0 Å². The van der Waals surface area contributed by atoms with Gasteiger partial charge in [0.2, 0.25) is 5.91 Å². The summed E-state index contributed by atoms with van der Waals surface area (Å²) >= 11 is 0.